The van der Waals surface area contributed by atoms with Crippen molar-refractivity contribution < 1.29 is 25.5 Å². The van der Waals surface area contributed by atoms with Gasteiger partial charge in [-0.25, -0.2) is 4.39 Å². The Morgan fingerprint density at radius 2 is 2.11 bits per heavy atom. The molecule has 2 aromatic rings. The van der Waals surface area contributed by atoms with Crippen molar-refractivity contribution in [2.45, 2.75) is 6.61 Å². The van der Waals surface area contributed by atoms with Crippen molar-refractivity contribution in [2.75, 3.05) is 0 Å². The first-order chi connectivity index (χ1) is 8.75. The maximum absolute atomic E-state index is 13.3. The second-order valence-corrected chi connectivity index (χ2v) is 3.71. The molecule has 0 unspecified atom stereocenters. The predicted octanol–water partition coefficient (Wildman–Crippen LogP) is 4.70. The summed E-state index contributed by atoms with van der Waals surface area (Å²) in [6.07, 6.45) is 0. The molecular weight excluding hydrogens is 372 g/mol. The number of ether oxygens (including phenoxy) is 1. The van der Waals surface area contributed by atoms with Crippen LogP contribution in [0.5, 0.6) is 5.75 Å². The third-order valence-electron chi connectivity index (χ3n) is 2.06. The van der Waals surface area contributed by atoms with Gasteiger partial charge in [-0.05, 0) is 18.2 Å². The van der Waals surface area contributed by atoms with Crippen molar-refractivity contribution in [2.24, 2.45) is 0 Å². The van der Waals surface area contributed by atoms with Crippen molar-refractivity contribution in [3.63, 3.8) is 0 Å². The molecule has 0 saturated heterocycles. The van der Waals surface area contributed by atoms with Gasteiger partial charge < -0.3 is 4.74 Å². The monoisotopic (exact) mass is 378 g/mol. The Morgan fingerprint density at radius 3 is 2.72 bits per heavy atom. The molecule has 0 aliphatic rings. The average Bonchev–Trinajstić information content (AvgIpc) is 2.41. The minimum absolute atomic E-state index is 0.202. The van der Waals surface area contributed by atoms with Crippen LogP contribution in [0.1, 0.15) is 5.56 Å². The van der Waals surface area contributed by atoms with Gasteiger partial charge in [-0.1, -0.05) is 11.6 Å². The molecule has 0 bridgehead atoms. The topological polar surface area (TPSA) is 9.23 Å². The molecular formula is C13H9BrClFOZn. The van der Waals surface area contributed by atoms with Gasteiger partial charge in [-0.2, -0.15) is 30.3 Å². The molecule has 90 valence electrons. The molecule has 1 nitrogen and oxygen atoms in total. The van der Waals surface area contributed by atoms with E-state index in [4.69, 9.17) is 16.3 Å². The zero-order valence-corrected chi connectivity index (χ0v) is 14.8. The van der Waals surface area contributed by atoms with E-state index in [9.17, 15) is 4.39 Å². The molecule has 5 heteroatoms. The van der Waals surface area contributed by atoms with Crippen molar-refractivity contribution >= 4 is 25.2 Å². The fourth-order valence-corrected chi connectivity index (χ4v) is 1.43. The summed E-state index contributed by atoms with van der Waals surface area (Å²) in [5.41, 5.74) is 0.942. The summed E-state index contributed by atoms with van der Waals surface area (Å²) < 4.78 is 18.7. The summed E-state index contributed by atoms with van der Waals surface area (Å²) in [5, 5.41) is 0.359. The minimum atomic E-state index is -0.451. The first kappa shape index (κ1) is 15.6. The number of benzene rings is 2. The molecule has 18 heavy (non-hydrogen) atoms. The van der Waals surface area contributed by atoms with Crippen LogP contribution >= 0.6 is 25.2 Å². The second-order valence-electron chi connectivity index (χ2n) is 3.28. The van der Waals surface area contributed by atoms with E-state index < -0.39 is 5.82 Å². The number of halogens is 3. The molecule has 0 N–H and O–H groups in total. The van der Waals surface area contributed by atoms with E-state index in [1.807, 2.05) is 12.1 Å². The van der Waals surface area contributed by atoms with Crippen LogP contribution in [0.25, 0.3) is 0 Å². The molecule has 0 atom stereocenters. The third kappa shape index (κ3) is 5.05. The van der Waals surface area contributed by atoms with Crippen LogP contribution in [0.3, 0.4) is 0 Å². The number of hydrogen-bond acceptors (Lipinski definition) is 1. The molecule has 0 aliphatic heterocycles. The summed E-state index contributed by atoms with van der Waals surface area (Å²) in [7, 11) is 0. The van der Waals surface area contributed by atoms with Gasteiger partial charge in [0.05, 0.1) is 6.61 Å². The first-order valence-corrected chi connectivity index (χ1v) is 12.4. The maximum atomic E-state index is 13.3. The molecule has 0 fully saturated rings. The van der Waals surface area contributed by atoms with Crippen LogP contribution in [-0.4, -0.2) is 0 Å². The van der Waals surface area contributed by atoms with Crippen molar-refractivity contribution in [1.29, 1.82) is 0 Å². The summed E-state index contributed by atoms with van der Waals surface area (Å²) in [4.78, 5) is 0. The van der Waals surface area contributed by atoms with E-state index >= 15 is 0 Å². The summed E-state index contributed by atoms with van der Waals surface area (Å²) in [6.45, 7) is 0.315. The molecule has 0 radical (unpaired) electrons. The molecule has 0 saturated carbocycles. The Kier molecular flexibility index (Phi) is 7.49. The first-order valence-electron chi connectivity index (χ1n) is 5.05. The van der Waals surface area contributed by atoms with Gasteiger partial charge >= 0.3 is 30.0 Å². The van der Waals surface area contributed by atoms with Gasteiger partial charge in [-0.3, -0.25) is 0 Å². The number of hydrogen-bond donors (Lipinski definition) is 0. The molecule has 0 amide bonds. The van der Waals surface area contributed by atoms with Gasteiger partial charge in [0, 0.05) is 5.02 Å². The average molecular weight is 381 g/mol. The Bertz CT molecular complexity index is 482. The standard InChI is InChI=1S/C13H9ClFO.BrH.Zn/c14-11-6-7-13(12(15)8-11)16-9-10-4-2-1-3-5-10;;/h1-2,4-8H,9H2;1H;/q-1;;+2/p-1. The van der Waals surface area contributed by atoms with Gasteiger partial charge in [0.25, 0.3) is 0 Å². The van der Waals surface area contributed by atoms with Crippen LogP contribution in [0.2, 0.25) is 5.02 Å². The van der Waals surface area contributed by atoms with E-state index in [0.29, 0.717) is 11.6 Å². The van der Waals surface area contributed by atoms with Crippen molar-refractivity contribution in [3.05, 3.63) is 64.9 Å². The summed E-state index contributed by atoms with van der Waals surface area (Å²) in [5.74, 6) is -0.249. The van der Waals surface area contributed by atoms with Crippen molar-refractivity contribution in [1.82, 2.24) is 0 Å². The zero-order chi connectivity index (χ0) is 13.4. The third-order valence-corrected chi connectivity index (χ3v) is 2.29. The Balaban J connectivity index is 0.000000771. The molecule has 0 heterocycles. The van der Waals surface area contributed by atoms with Gasteiger partial charge in [-0.15, -0.1) is 5.56 Å². The fraction of sp³-hybridized carbons (Fsp3) is 0.0769. The van der Waals surface area contributed by atoms with E-state index in [1.165, 1.54) is 28.5 Å². The Morgan fingerprint density at radius 1 is 1.33 bits per heavy atom. The van der Waals surface area contributed by atoms with E-state index in [1.54, 1.807) is 18.2 Å². The molecule has 2 rings (SSSR count). The van der Waals surface area contributed by atoms with Crippen LogP contribution in [0, 0.1) is 11.9 Å². The molecule has 0 aromatic heterocycles. The molecule has 0 spiro atoms. The Hall–Kier alpha value is -0.437. The summed E-state index contributed by atoms with van der Waals surface area (Å²) in [6, 6.07) is 14.6. The normalized spacial score (nSPS) is 9.39. The predicted molar refractivity (Wildman–Crippen MR) is 69.9 cm³/mol. The van der Waals surface area contributed by atoms with Gasteiger partial charge in [0.15, 0.2) is 11.6 Å². The van der Waals surface area contributed by atoms with Crippen LogP contribution in [0.4, 0.5) is 4.39 Å². The van der Waals surface area contributed by atoms with Crippen molar-refractivity contribution in [3.8, 4) is 5.75 Å². The van der Waals surface area contributed by atoms with E-state index in [-0.39, 0.29) is 5.75 Å². The van der Waals surface area contributed by atoms with Crippen LogP contribution < -0.4 is 4.74 Å². The van der Waals surface area contributed by atoms with E-state index in [0.717, 1.165) is 5.56 Å². The molecule has 0 aliphatic carbocycles. The quantitative estimate of drug-likeness (QED) is 0.554. The van der Waals surface area contributed by atoms with E-state index in [2.05, 4.69) is 19.7 Å². The second kappa shape index (κ2) is 8.63. The Labute approximate surface area is 127 Å². The SMILES string of the molecule is Fc1cc(Cl)ccc1OCc1c[c-]ccc1.[Zn+][Br]. The van der Waals surface area contributed by atoms with Crippen LogP contribution in [-0.2, 0) is 22.9 Å². The van der Waals surface area contributed by atoms with Crippen LogP contribution in [0.15, 0.2) is 42.5 Å². The van der Waals surface area contributed by atoms with Gasteiger partial charge in [0.2, 0.25) is 0 Å². The fourth-order valence-electron chi connectivity index (χ4n) is 1.27. The summed E-state index contributed by atoms with van der Waals surface area (Å²) >= 11 is 9.88. The number of rotatable bonds is 3. The van der Waals surface area contributed by atoms with Gasteiger partial charge in [0.1, 0.15) is 0 Å². The molecule has 2 aromatic carbocycles. The zero-order valence-electron chi connectivity index (χ0n) is 9.50.